The molecule has 1 aliphatic rings. The van der Waals surface area contributed by atoms with Crippen LogP contribution >= 0.6 is 15.9 Å². The van der Waals surface area contributed by atoms with Crippen LogP contribution in [0.2, 0.25) is 0 Å². The average Bonchev–Trinajstić information content (AvgIpc) is 2.40. The predicted molar refractivity (Wildman–Crippen MR) is 90.8 cm³/mol. The van der Waals surface area contributed by atoms with Gasteiger partial charge in [-0.25, -0.2) is 0 Å². The highest BCUT2D eigenvalue weighted by molar-refractivity contribution is 9.10. The van der Waals surface area contributed by atoms with Crippen molar-refractivity contribution < 1.29 is 0 Å². The van der Waals surface area contributed by atoms with Crippen molar-refractivity contribution >= 4 is 15.9 Å². The van der Waals surface area contributed by atoms with Gasteiger partial charge >= 0.3 is 0 Å². The second kappa shape index (κ2) is 7.61. The Bertz CT molecular complexity index is 408. The number of rotatable bonds is 5. The molecule has 0 heterocycles. The van der Waals surface area contributed by atoms with E-state index in [1.807, 2.05) is 0 Å². The number of hydrogen-bond donors (Lipinski definition) is 1. The molecule has 0 aromatic heterocycles. The molecule has 112 valence electrons. The molecule has 3 unspecified atom stereocenters. The molecule has 0 amide bonds. The minimum absolute atomic E-state index is 0.496. The van der Waals surface area contributed by atoms with Gasteiger partial charge in [0.25, 0.3) is 0 Å². The van der Waals surface area contributed by atoms with Crippen molar-refractivity contribution in [3.8, 4) is 0 Å². The Morgan fingerprint density at radius 3 is 2.40 bits per heavy atom. The maximum absolute atomic E-state index is 3.81. The Balaban J connectivity index is 2.20. The summed E-state index contributed by atoms with van der Waals surface area (Å²) in [6.45, 7) is 8.18. The van der Waals surface area contributed by atoms with Crippen LogP contribution in [-0.4, -0.2) is 6.54 Å². The van der Waals surface area contributed by atoms with Crippen LogP contribution in [0.5, 0.6) is 0 Å². The minimum Gasteiger partial charge on any atom is -0.310 e. The number of nitrogens with one attached hydrogen (secondary N) is 1. The molecule has 0 saturated heterocycles. The molecule has 1 aliphatic carbocycles. The Hall–Kier alpha value is -0.340. The van der Waals surface area contributed by atoms with E-state index in [0.29, 0.717) is 6.04 Å². The second-order valence-corrected chi connectivity index (χ2v) is 7.49. The minimum atomic E-state index is 0.496. The molecule has 0 aliphatic heterocycles. The van der Waals surface area contributed by atoms with Gasteiger partial charge in [0.2, 0.25) is 0 Å². The summed E-state index contributed by atoms with van der Waals surface area (Å²) in [5, 5.41) is 3.81. The van der Waals surface area contributed by atoms with E-state index < -0.39 is 0 Å². The molecule has 0 radical (unpaired) electrons. The van der Waals surface area contributed by atoms with E-state index in [-0.39, 0.29) is 0 Å². The van der Waals surface area contributed by atoms with Crippen LogP contribution in [0, 0.1) is 17.8 Å². The first-order valence-electron chi connectivity index (χ1n) is 8.09. The third-order valence-corrected chi connectivity index (χ3v) is 5.26. The fourth-order valence-corrected chi connectivity index (χ4v) is 4.37. The normalized spacial score (nSPS) is 28.3. The molecule has 1 saturated carbocycles. The molecule has 1 N–H and O–H groups in total. The lowest BCUT2D eigenvalue weighted by Gasteiger charge is -2.37. The summed E-state index contributed by atoms with van der Waals surface area (Å²) in [5.41, 5.74) is 1.44. The van der Waals surface area contributed by atoms with E-state index in [9.17, 15) is 0 Å². The van der Waals surface area contributed by atoms with Crippen molar-refractivity contribution in [1.82, 2.24) is 5.32 Å². The van der Waals surface area contributed by atoms with Crippen molar-refractivity contribution in [3.63, 3.8) is 0 Å². The molecule has 2 heteroatoms. The smallest absolute Gasteiger partial charge is 0.0360 e. The topological polar surface area (TPSA) is 12.0 Å². The first-order chi connectivity index (χ1) is 9.61. The molecule has 1 nitrogen and oxygen atoms in total. The van der Waals surface area contributed by atoms with Crippen molar-refractivity contribution in [1.29, 1.82) is 0 Å². The zero-order valence-electron chi connectivity index (χ0n) is 13.0. The fourth-order valence-electron chi connectivity index (χ4n) is 3.84. The first kappa shape index (κ1) is 16.0. The summed E-state index contributed by atoms with van der Waals surface area (Å²) in [4.78, 5) is 0. The molecule has 0 bridgehead atoms. The number of benzene rings is 1. The Morgan fingerprint density at radius 1 is 1.15 bits per heavy atom. The van der Waals surface area contributed by atoms with Gasteiger partial charge in [-0.05, 0) is 61.6 Å². The van der Waals surface area contributed by atoms with Gasteiger partial charge in [-0.3, -0.25) is 0 Å². The largest absolute Gasteiger partial charge is 0.310 e. The standard InChI is InChI=1S/C18H28BrN/c1-4-9-20-18(16-7-5-6-8-17(16)19)15-11-13(2)10-14(3)12-15/h5-8,13-15,18,20H,4,9-12H2,1-3H3. The maximum atomic E-state index is 3.81. The van der Waals surface area contributed by atoms with E-state index in [0.717, 1.165) is 24.3 Å². The predicted octanol–water partition coefficient (Wildman–Crippen LogP) is 5.56. The summed E-state index contributed by atoms with van der Waals surface area (Å²) < 4.78 is 1.25. The van der Waals surface area contributed by atoms with Crippen LogP contribution in [0.1, 0.15) is 58.1 Å². The number of halogens is 1. The first-order valence-corrected chi connectivity index (χ1v) is 8.88. The zero-order valence-corrected chi connectivity index (χ0v) is 14.6. The van der Waals surface area contributed by atoms with Crippen LogP contribution < -0.4 is 5.32 Å². The quantitative estimate of drug-likeness (QED) is 0.741. The number of hydrogen-bond acceptors (Lipinski definition) is 1. The molecule has 1 aromatic rings. The molecule has 0 spiro atoms. The van der Waals surface area contributed by atoms with Crippen molar-refractivity contribution in [2.45, 2.75) is 52.5 Å². The van der Waals surface area contributed by atoms with Gasteiger partial charge in [-0.15, -0.1) is 0 Å². The van der Waals surface area contributed by atoms with Gasteiger partial charge in [-0.1, -0.05) is 54.9 Å². The van der Waals surface area contributed by atoms with Crippen molar-refractivity contribution in [3.05, 3.63) is 34.3 Å². The van der Waals surface area contributed by atoms with E-state index in [1.54, 1.807) is 0 Å². The van der Waals surface area contributed by atoms with Gasteiger partial charge in [0.1, 0.15) is 0 Å². The van der Waals surface area contributed by atoms with Gasteiger partial charge in [0.05, 0.1) is 0 Å². The van der Waals surface area contributed by atoms with Gasteiger partial charge in [0, 0.05) is 10.5 Å². The Kier molecular flexibility index (Phi) is 6.10. The molecular weight excluding hydrogens is 310 g/mol. The summed E-state index contributed by atoms with van der Waals surface area (Å²) in [7, 11) is 0. The zero-order chi connectivity index (χ0) is 14.5. The van der Waals surface area contributed by atoms with E-state index in [4.69, 9.17) is 0 Å². The Labute approximate surface area is 132 Å². The van der Waals surface area contributed by atoms with E-state index in [1.165, 1.54) is 35.7 Å². The molecule has 2 rings (SSSR count). The monoisotopic (exact) mass is 337 g/mol. The van der Waals surface area contributed by atoms with Crippen LogP contribution in [0.15, 0.2) is 28.7 Å². The Morgan fingerprint density at radius 2 is 1.80 bits per heavy atom. The third-order valence-electron chi connectivity index (χ3n) is 4.54. The highest BCUT2D eigenvalue weighted by Gasteiger charge is 2.31. The van der Waals surface area contributed by atoms with Gasteiger partial charge < -0.3 is 5.32 Å². The van der Waals surface area contributed by atoms with Gasteiger partial charge in [0.15, 0.2) is 0 Å². The average molecular weight is 338 g/mol. The summed E-state index contributed by atoms with van der Waals surface area (Å²) in [6.07, 6.45) is 5.30. The molecule has 3 atom stereocenters. The summed E-state index contributed by atoms with van der Waals surface area (Å²) in [6, 6.07) is 9.22. The van der Waals surface area contributed by atoms with Crippen LogP contribution in [0.4, 0.5) is 0 Å². The van der Waals surface area contributed by atoms with E-state index in [2.05, 4.69) is 66.3 Å². The highest BCUT2D eigenvalue weighted by Crippen LogP contribution is 2.41. The van der Waals surface area contributed by atoms with Gasteiger partial charge in [-0.2, -0.15) is 0 Å². The summed E-state index contributed by atoms with van der Waals surface area (Å²) in [5.74, 6) is 2.48. The SMILES string of the molecule is CCCNC(c1ccccc1Br)C1CC(C)CC(C)C1. The van der Waals surface area contributed by atoms with Crippen molar-refractivity contribution in [2.75, 3.05) is 6.54 Å². The van der Waals surface area contributed by atoms with Crippen LogP contribution in [-0.2, 0) is 0 Å². The lowest BCUT2D eigenvalue weighted by atomic mass is 9.72. The highest BCUT2D eigenvalue weighted by atomic mass is 79.9. The molecule has 1 aromatic carbocycles. The lowest BCUT2D eigenvalue weighted by molar-refractivity contribution is 0.176. The second-order valence-electron chi connectivity index (χ2n) is 6.63. The molecule has 20 heavy (non-hydrogen) atoms. The van der Waals surface area contributed by atoms with Crippen molar-refractivity contribution in [2.24, 2.45) is 17.8 Å². The lowest BCUT2D eigenvalue weighted by Crippen LogP contribution is -2.34. The van der Waals surface area contributed by atoms with Crippen LogP contribution in [0.3, 0.4) is 0 Å². The molecule has 1 fully saturated rings. The fraction of sp³-hybridized carbons (Fsp3) is 0.667. The molecular formula is C18H28BrN. The third kappa shape index (κ3) is 4.08. The summed E-state index contributed by atoms with van der Waals surface area (Å²) >= 11 is 3.75. The van der Waals surface area contributed by atoms with E-state index >= 15 is 0 Å². The maximum Gasteiger partial charge on any atom is 0.0360 e. The van der Waals surface area contributed by atoms with Crippen LogP contribution in [0.25, 0.3) is 0 Å².